The molecule has 2 aliphatic rings. The van der Waals surface area contributed by atoms with Crippen LogP contribution in [0.2, 0.25) is 0 Å². The van der Waals surface area contributed by atoms with Crippen molar-refractivity contribution in [3.8, 4) is 0 Å². The van der Waals surface area contributed by atoms with E-state index in [0.29, 0.717) is 17.1 Å². The third-order valence-corrected chi connectivity index (χ3v) is 5.03. The monoisotopic (exact) mass is 410 g/mol. The van der Waals surface area contributed by atoms with E-state index in [4.69, 9.17) is 4.74 Å². The normalized spacial score (nSPS) is 15.6. The zero-order valence-corrected chi connectivity index (χ0v) is 17.5. The number of rotatable bonds is 4. The number of benzene rings is 1. The molecule has 2 amide bonds. The Hall–Kier alpha value is -3.16. The van der Waals surface area contributed by atoms with Gasteiger partial charge in [0.2, 0.25) is 11.8 Å². The van der Waals surface area contributed by atoms with Crippen molar-refractivity contribution >= 4 is 23.7 Å². The number of carbonyl (C=O) groups excluding carboxylic acids is 3. The Kier molecular flexibility index (Phi) is 5.09. The van der Waals surface area contributed by atoms with Gasteiger partial charge in [-0.2, -0.15) is 0 Å². The molecule has 4 rings (SSSR count). The second-order valence-corrected chi connectivity index (χ2v) is 8.85. The molecule has 2 heterocycles. The number of amides is 2. The summed E-state index contributed by atoms with van der Waals surface area (Å²) >= 11 is 0. The molecule has 1 aliphatic carbocycles. The number of ether oxygens (including phenoxy) is 1. The van der Waals surface area contributed by atoms with E-state index in [1.54, 1.807) is 0 Å². The average molecular weight is 410 g/mol. The average Bonchev–Trinajstić information content (AvgIpc) is 3.34. The van der Waals surface area contributed by atoms with Crippen LogP contribution in [0, 0.1) is 5.92 Å². The smallest absolute Gasteiger partial charge is 0.410 e. The highest BCUT2D eigenvalue weighted by atomic mass is 16.6. The minimum atomic E-state index is -0.617. The fourth-order valence-electron chi connectivity index (χ4n) is 3.44. The summed E-state index contributed by atoms with van der Waals surface area (Å²) in [4.78, 5) is 39.3. The number of anilines is 1. The zero-order chi connectivity index (χ0) is 21.5. The third kappa shape index (κ3) is 4.37. The summed E-state index contributed by atoms with van der Waals surface area (Å²) in [6.45, 7) is 5.89. The molecule has 1 aromatic heterocycles. The molecule has 1 aromatic carbocycles. The van der Waals surface area contributed by atoms with Gasteiger partial charge < -0.3 is 10.1 Å². The molecular weight excluding hydrogens is 384 g/mol. The van der Waals surface area contributed by atoms with E-state index < -0.39 is 11.7 Å². The number of hydrogen-bond donors (Lipinski definition) is 1. The van der Waals surface area contributed by atoms with Crippen LogP contribution in [0.15, 0.2) is 30.3 Å². The van der Waals surface area contributed by atoms with E-state index in [2.05, 4.69) is 10.4 Å². The van der Waals surface area contributed by atoms with Crippen molar-refractivity contribution in [2.45, 2.75) is 58.7 Å². The van der Waals surface area contributed by atoms with Gasteiger partial charge in [0.25, 0.3) is 0 Å². The Morgan fingerprint density at radius 3 is 2.47 bits per heavy atom. The van der Waals surface area contributed by atoms with Gasteiger partial charge in [0.1, 0.15) is 5.60 Å². The highest BCUT2D eigenvalue weighted by Gasteiger charge is 2.38. The Morgan fingerprint density at radius 1 is 1.13 bits per heavy atom. The molecule has 30 heavy (non-hydrogen) atoms. The fraction of sp³-hybridized carbons (Fsp3) is 0.455. The number of carbonyl (C=O) groups is 3. The molecule has 8 nitrogen and oxygen atoms in total. The first kappa shape index (κ1) is 20.1. The Bertz CT molecular complexity index is 987. The first-order valence-corrected chi connectivity index (χ1v) is 10.2. The van der Waals surface area contributed by atoms with Crippen LogP contribution in [-0.2, 0) is 29.0 Å². The van der Waals surface area contributed by atoms with Crippen LogP contribution in [-0.4, -0.2) is 38.2 Å². The third-order valence-electron chi connectivity index (χ3n) is 5.03. The largest absolute Gasteiger partial charge is 0.444 e. The van der Waals surface area contributed by atoms with Gasteiger partial charge in [-0.1, -0.05) is 30.3 Å². The van der Waals surface area contributed by atoms with Gasteiger partial charge in [-0.25, -0.2) is 9.48 Å². The first-order chi connectivity index (χ1) is 14.2. The van der Waals surface area contributed by atoms with Crippen LogP contribution in [0.4, 0.5) is 10.6 Å². The van der Waals surface area contributed by atoms with E-state index >= 15 is 0 Å². The summed E-state index contributed by atoms with van der Waals surface area (Å²) in [5, 5.41) is 7.23. The van der Waals surface area contributed by atoms with Crippen LogP contribution in [0.5, 0.6) is 0 Å². The maximum atomic E-state index is 12.7. The number of nitrogens with one attached hydrogen (secondary N) is 1. The zero-order valence-electron chi connectivity index (χ0n) is 17.5. The molecule has 0 unspecified atom stereocenters. The van der Waals surface area contributed by atoms with Gasteiger partial charge >= 0.3 is 6.09 Å². The Labute approximate surface area is 175 Å². The number of aromatic nitrogens is 2. The Balaban J connectivity index is 1.55. The minimum absolute atomic E-state index is 0.0301. The fourth-order valence-corrected chi connectivity index (χ4v) is 3.44. The molecular formula is C22H26N4O4. The van der Waals surface area contributed by atoms with Crippen LogP contribution in [0.1, 0.15) is 55.2 Å². The van der Waals surface area contributed by atoms with Gasteiger partial charge in [-0.05, 0) is 39.2 Å². The second kappa shape index (κ2) is 7.59. The lowest BCUT2D eigenvalue weighted by Gasteiger charge is -2.24. The molecule has 0 spiro atoms. The lowest BCUT2D eigenvalue weighted by Crippen LogP contribution is -2.34. The first-order valence-electron chi connectivity index (χ1n) is 10.2. The maximum Gasteiger partial charge on any atom is 0.410 e. The van der Waals surface area contributed by atoms with E-state index in [0.717, 1.165) is 18.4 Å². The molecule has 8 heteroatoms. The summed E-state index contributed by atoms with van der Waals surface area (Å²) in [7, 11) is 0. The predicted molar refractivity (Wildman–Crippen MR) is 110 cm³/mol. The van der Waals surface area contributed by atoms with Crippen molar-refractivity contribution in [1.29, 1.82) is 0 Å². The summed E-state index contributed by atoms with van der Waals surface area (Å²) in [6.07, 6.45) is 1.44. The van der Waals surface area contributed by atoms with Crippen LogP contribution < -0.4 is 5.32 Å². The highest BCUT2D eigenvalue weighted by molar-refractivity contribution is 5.93. The molecule has 0 atom stereocenters. The Morgan fingerprint density at radius 2 is 1.83 bits per heavy atom. The summed E-state index contributed by atoms with van der Waals surface area (Å²) in [5.41, 5.74) is 1.61. The minimum Gasteiger partial charge on any atom is -0.444 e. The molecule has 1 saturated carbocycles. The van der Waals surface area contributed by atoms with Crippen LogP contribution >= 0.6 is 0 Å². The molecule has 158 valence electrons. The molecule has 1 aliphatic heterocycles. The predicted octanol–water partition coefficient (Wildman–Crippen LogP) is 3.37. The molecule has 2 aromatic rings. The SMILES string of the molecule is CC(C)(C)OC(=O)N1Cc2c(NC(=O)Cc3ccccc3)nn(C(=O)C3CC3)c2C1. The number of hydrogen-bond acceptors (Lipinski definition) is 5. The van der Waals surface area contributed by atoms with E-state index in [9.17, 15) is 14.4 Å². The van der Waals surface area contributed by atoms with Gasteiger partial charge in [0.05, 0.1) is 25.2 Å². The van der Waals surface area contributed by atoms with Crippen LogP contribution in [0.25, 0.3) is 0 Å². The second-order valence-electron chi connectivity index (χ2n) is 8.85. The number of nitrogens with zero attached hydrogens (tertiary/aromatic N) is 3. The molecule has 0 bridgehead atoms. The van der Waals surface area contributed by atoms with E-state index in [1.807, 2.05) is 51.1 Å². The van der Waals surface area contributed by atoms with Crippen molar-refractivity contribution in [2.24, 2.45) is 5.92 Å². The quantitative estimate of drug-likeness (QED) is 0.834. The molecule has 0 radical (unpaired) electrons. The maximum absolute atomic E-state index is 12.7. The van der Waals surface area contributed by atoms with Crippen LogP contribution in [0.3, 0.4) is 0 Å². The van der Waals surface area contributed by atoms with Gasteiger partial charge in [-0.3, -0.25) is 14.5 Å². The molecule has 1 fully saturated rings. The topological polar surface area (TPSA) is 93.5 Å². The van der Waals surface area contributed by atoms with Gasteiger partial charge in [-0.15, -0.1) is 5.10 Å². The highest BCUT2D eigenvalue weighted by Crippen LogP contribution is 2.35. The van der Waals surface area contributed by atoms with Gasteiger partial charge in [0.15, 0.2) is 5.82 Å². The summed E-state index contributed by atoms with van der Waals surface area (Å²) in [5.74, 6) is 0.00697. The van der Waals surface area contributed by atoms with Crippen molar-refractivity contribution in [1.82, 2.24) is 14.7 Å². The molecule has 1 N–H and O–H groups in total. The number of fused-ring (bicyclic) bond motifs is 1. The van der Waals surface area contributed by atoms with E-state index in [1.165, 1.54) is 9.58 Å². The van der Waals surface area contributed by atoms with E-state index in [-0.39, 0.29) is 37.2 Å². The lowest BCUT2D eigenvalue weighted by molar-refractivity contribution is -0.115. The summed E-state index contributed by atoms with van der Waals surface area (Å²) in [6, 6.07) is 9.40. The van der Waals surface area contributed by atoms with Crippen molar-refractivity contribution in [3.05, 3.63) is 47.2 Å². The molecule has 0 saturated heterocycles. The van der Waals surface area contributed by atoms with Crippen molar-refractivity contribution < 1.29 is 19.1 Å². The van der Waals surface area contributed by atoms with Gasteiger partial charge in [0, 0.05) is 11.5 Å². The summed E-state index contributed by atoms with van der Waals surface area (Å²) < 4.78 is 6.84. The van der Waals surface area contributed by atoms with Crippen molar-refractivity contribution in [3.63, 3.8) is 0 Å². The lowest BCUT2D eigenvalue weighted by atomic mass is 10.1. The van der Waals surface area contributed by atoms with Crippen molar-refractivity contribution in [2.75, 3.05) is 5.32 Å². The standard InChI is InChI=1S/C22H26N4O4/c1-22(2,3)30-21(29)25-12-16-17(13-25)26(20(28)15-9-10-15)24-19(16)23-18(27)11-14-7-5-4-6-8-14/h4-8,15H,9-13H2,1-3H3,(H,23,24,27).